The molecule has 50 heavy (non-hydrogen) atoms. The number of anilines is 3. The summed E-state index contributed by atoms with van der Waals surface area (Å²) in [5.41, 5.74) is 1.18. The number of hydrogen-bond donors (Lipinski definition) is 2. The van der Waals surface area contributed by atoms with Gasteiger partial charge in [0.2, 0.25) is 5.91 Å². The van der Waals surface area contributed by atoms with Crippen LogP contribution >= 0.6 is 45.9 Å². The van der Waals surface area contributed by atoms with Crippen LogP contribution in [0.5, 0.6) is 0 Å². The third-order valence-electron chi connectivity index (χ3n) is 10.7. The number of thiazole rings is 1. The van der Waals surface area contributed by atoms with Crippen molar-refractivity contribution >= 4 is 79.6 Å². The first-order valence-corrected chi connectivity index (χ1v) is 20.2. The van der Waals surface area contributed by atoms with Crippen molar-refractivity contribution in [1.29, 1.82) is 0 Å². The van der Waals surface area contributed by atoms with Gasteiger partial charge in [-0.3, -0.25) is 24.6 Å². The van der Waals surface area contributed by atoms with Crippen molar-refractivity contribution in [1.82, 2.24) is 19.8 Å². The van der Waals surface area contributed by atoms with Crippen LogP contribution in [-0.2, 0) is 9.59 Å². The van der Waals surface area contributed by atoms with E-state index >= 15 is 0 Å². The molecule has 11 nitrogen and oxygen atoms in total. The van der Waals surface area contributed by atoms with Gasteiger partial charge in [0, 0.05) is 75.9 Å². The van der Waals surface area contributed by atoms with E-state index in [1.165, 1.54) is 43.4 Å². The number of piperazine rings is 1. The molecule has 1 saturated carbocycles. The molecule has 4 aliphatic rings. The van der Waals surface area contributed by atoms with Gasteiger partial charge in [-0.15, -0.1) is 11.3 Å². The number of thiophene rings is 1. The van der Waals surface area contributed by atoms with Gasteiger partial charge in [-0.1, -0.05) is 53.8 Å². The minimum absolute atomic E-state index is 0.101. The Balaban J connectivity index is 0.975. The number of piperidine rings is 2. The minimum Gasteiger partial charge on any atom is -0.481 e. The molecule has 0 bridgehead atoms. The highest BCUT2D eigenvalue weighted by Crippen LogP contribution is 2.42. The number of hydrogen-bond acceptors (Lipinski definition) is 10. The van der Waals surface area contributed by atoms with Crippen LogP contribution in [0.4, 0.5) is 16.0 Å². The number of nitrogens with one attached hydrogen (secondary N) is 1. The molecule has 268 valence electrons. The molecule has 15 heteroatoms. The summed E-state index contributed by atoms with van der Waals surface area (Å²) >= 11 is 16.1. The molecular weight excluding hydrogens is 717 g/mol. The molecule has 1 aliphatic carbocycles. The summed E-state index contributed by atoms with van der Waals surface area (Å²) in [5, 5.41) is 16.8. The van der Waals surface area contributed by atoms with E-state index in [2.05, 4.69) is 25.0 Å². The standard InChI is InChI=1S/C35H43Cl2N7O4S2/c36-25-19-28(49-21-25)29-33(44-16-14-41(15-17-44)26-4-2-1-3-5-26)50-35(39-29)40-31(45)24-18-27(37)30(38-20-24)42-10-6-22(7-11-42)32(46)43-12-8-23(9-13-43)34(47)48/h18-23,26H,1-17H2,(H,47,48)(H,39,40,45). The van der Waals surface area contributed by atoms with Crippen molar-refractivity contribution in [2.45, 2.75) is 63.8 Å². The number of rotatable bonds is 8. The molecule has 4 fully saturated rings. The first-order valence-electron chi connectivity index (χ1n) is 17.7. The number of amides is 2. The molecule has 2 amide bonds. The smallest absolute Gasteiger partial charge is 0.306 e. The van der Waals surface area contributed by atoms with Gasteiger partial charge in [-0.25, -0.2) is 9.97 Å². The SMILES string of the molecule is O=C(Nc1nc(-c2cc(Cl)cs2)c(N2CCN(C3CCCCC3)CC2)s1)c1cnc(N2CCC(C(=O)N3CCC(C(=O)O)CC3)CC2)c(Cl)c1. The van der Waals surface area contributed by atoms with Gasteiger partial charge in [0.15, 0.2) is 5.13 Å². The number of carbonyl (C=O) groups is 3. The van der Waals surface area contributed by atoms with E-state index in [1.54, 1.807) is 23.6 Å². The van der Waals surface area contributed by atoms with Crippen LogP contribution in [0.25, 0.3) is 10.6 Å². The van der Waals surface area contributed by atoms with Gasteiger partial charge in [-0.2, -0.15) is 0 Å². The van der Waals surface area contributed by atoms with E-state index in [0.717, 1.165) is 41.8 Å². The summed E-state index contributed by atoms with van der Waals surface area (Å²) < 4.78 is 0. The van der Waals surface area contributed by atoms with Gasteiger partial charge in [0.1, 0.15) is 16.5 Å². The summed E-state index contributed by atoms with van der Waals surface area (Å²) in [7, 11) is 0. The Morgan fingerprint density at radius 1 is 0.840 bits per heavy atom. The summed E-state index contributed by atoms with van der Waals surface area (Å²) in [4.78, 5) is 57.2. The predicted octanol–water partition coefficient (Wildman–Crippen LogP) is 6.82. The highest BCUT2D eigenvalue weighted by Gasteiger charge is 2.34. The van der Waals surface area contributed by atoms with E-state index in [0.29, 0.717) is 84.5 Å². The molecule has 0 spiro atoms. The fraction of sp³-hybridized carbons (Fsp3) is 0.571. The lowest BCUT2D eigenvalue weighted by atomic mass is 9.92. The van der Waals surface area contributed by atoms with Gasteiger partial charge in [0.05, 0.1) is 26.4 Å². The van der Waals surface area contributed by atoms with Crippen LogP contribution in [-0.4, -0.2) is 101 Å². The van der Waals surface area contributed by atoms with Crippen LogP contribution in [0, 0.1) is 11.8 Å². The maximum Gasteiger partial charge on any atom is 0.306 e. The van der Waals surface area contributed by atoms with Crippen LogP contribution in [0.3, 0.4) is 0 Å². The lowest BCUT2D eigenvalue weighted by Gasteiger charge is -2.41. The van der Waals surface area contributed by atoms with Crippen molar-refractivity contribution in [3.63, 3.8) is 0 Å². The molecule has 7 rings (SSSR count). The van der Waals surface area contributed by atoms with E-state index in [-0.39, 0.29) is 23.7 Å². The average molecular weight is 761 g/mol. The fourth-order valence-corrected chi connectivity index (χ4v) is 10.3. The second-order valence-corrected chi connectivity index (χ2v) is 16.5. The zero-order valence-corrected chi connectivity index (χ0v) is 31.1. The van der Waals surface area contributed by atoms with Gasteiger partial charge in [-0.05, 0) is 50.7 Å². The van der Waals surface area contributed by atoms with Crippen molar-refractivity contribution < 1.29 is 19.5 Å². The number of aromatic nitrogens is 2. The monoisotopic (exact) mass is 759 g/mol. The second-order valence-electron chi connectivity index (χ2n) is 13.8. The van der Waals surface area contributed by atoms with E-state index < -0.39 is 5.97 Å². The van der Waals surface area contributed by atoms with E-state index in [1.807, 2.05) is 16.3 Å². The molecule has 0 radical (unpaired) electrons. The Labute approximate surface area is 310 Å². The van der Waals surface area contributed by atoms with E-state index in [9.17, 15) is 19.5 Å². The minimum atomic E-state index is -0.779. The lowest BCUT2D eigenvalue weighted by molar-refractivity contribution is -0.147. The fourth-order valence-electron chi connectivity index (χ4n) is 7.81. The van der Waals surface area contributed by atoms with Crippen molar-refractivity contribution in [3.05, 3.63) is 39.3 Å². The first-order chi connectivity index (χ1) is 24.2. The molecule has 3 saturated heterocycles. The lowest BCUT2D eigenvalue weighted by Crippen LogP contribution is -2.50. The summed E-state index contributed by atoms with van der Waals surface area (Å²) in [5.74, 6) is -0.873. The average Bonchev–Trinajstić information content (AvgIpc) is 3.77. The summed E-state index contributed by atoms with van der Waals surface area (Å²) in [6.07, 6.45) is 10.5. The number of carbonyl (C=O) groups excluding carboxylic acids is 2. The van der Waals surface area contributed by atoms with Gasteiger partial charge < -0.3 is 19.8 Å². The Hall–Kier alpha value is -2.97. The summed E-state index contributed by atoms with van der Waals surface area (Å²) in [6.45, 7) is 6.09. The summed E-state index contributed by atoms with van der Waals surface area (Å²) in [6, 6.07) is 4.27. The van der Waals surface area contributed by atoms with Crippen molar-refractivity contribution in [3.8, 4) is 10.6 Å². The van der Waals surface area contributed by atoms with Crippen LogP contribution in [0.15, 0.2) is 23.7 Å². The number of nitrogens with zero attached hydrogens (tertiary/aromatic N) is 6. The van der Waals surface area contributed by atoms with Gasteiger partial charge in [0.25, 0.3) is 5.91 Å². The van der Waals surface area contributed by atoms with Crippen LogP contribution < -0.4 is 15.1 Å². The number of carboxylic acids is 1. The molecule has 0 atom stereocenters. The Morgan fingerprint density at radius 3 is 2.18 bits per heavy atom. The number of likely N-dealkylation sites (tertiary alicyclic amines) is 1. The molecule has 0 unspecified atom stereocenters. The molecule has 3 aromatic rings. The van der Waals surface area contributed by atoms with Crippen LogP contribution in [0.1, 0.15) is 68.1 Å². The molecular formula is C35H43Cl2N7O4S2. The predicted molar refractivity (Wildman–Crippen MR) is 200 cm³/mol. The highest BCUT2D eigenvalue weighted by atomic mass is 35.5. The maximum absolute atomic E-state index is 13.5. The number of halogens is 2. The highest BCUT2D eigenvalue weighted by molar-refractivity contribution is 7.21. The first kappa shape index (κ1) is 35.4. The molecule has 3 aromatic heterocycles. The van der Waals surface area contributed by atoms with Crippen molar-refractivity contribution in [2.75, 3.05) is 67.5 Å². The van der Waals surface area contributed by atoms with Crippen molar-refractivity contribution in [2.24, 2.45) is 11.8 Å². The third-order valence-corrected chi connectivity index (χ3v) is 13.3. The van der Waals surface area contributed by atoms with Gasteiger partial charge >= 0.3 is 5.97 Å². The Bertz CT molecular complexity index is 1690. The number of pyridine rings is 1. The molecule has 6 heterocycles. The largest absolute Gasteiger partial charge is 0.481 e. The number of aliphatic carboxylic acids is 1. The maximum atomic E-state index is 13.5. The topological polar surface area (TPSA) is 122 Å². The molecule has 2 N–H and O–H groups in total. The molecule has 3 aliphatic heterocycles. The Kier molecular flexibility index (Phi) is 11.1. The van der Waals surface area contributed by atoms with E-state index in [4.69, 9.17) is 28.2 Å². The zero-order valence-electron chi connectivity index (χ0n) is 28.0. The number of carboxylic acid groups (broad SMARTS) is 1. The third kappa shape index (κ3) is 7.91. The zero-order chi connectivity index (χ0) is 34.8. The normalized spacial score (nSPS) is 20.3. The quantitative estimate of drug-likeness (QED) is 0.255. The van der Waals surface area contributed by atoms with Crippen LogP contribution in [0.2, 0.25) is 10.0 Å². The molecule has 0 aromatic carbocycles. The second kappa shape index (κ2) is 15.7. The Morgan fingerprint density at radius 2 is 1.54 bits per heavy atom.